The molecule has 1 rings (SSSR count). The van der Waals surface area contributed by atoms with Crippen molar-refractivity contribution in [3.05, 3.63) is 24.0 Å². The van der Waals surface area contributed by atoms with Crippen molar-refractivity contribution in [1.82, 2.24) is 10.3 Å². The third-order valence-corrected chi connectivity index (χ3v) is 3.15. The molecule has 0 bridgehead atoms. The van der Waals surface area contributed by atoms with Crippen molar-refractivity contribution in [2.75, 3.05) is 13.7 Å². The lowest BCUT2D eigenvalue weighted by Crippen LogP contribution is -2.22. The summed E-state index contributed by atoms with van der Waals surface area (Å²) >= 11 is 0. The van der Waals surface area contributed by atoms with Crippen LogP contribution < -0.4 is 10.1 Å². The lowest BCUT2D eigenvalue weighted by molar-refractivity contribution is 0.387. The van der Waals surface area contributed by atoms with Crippen molar-refractivity contribution in [1.29, 1.82) is 0 Å². The average Bonchev–Trinajstić information content (AvgIpc) is 2.42. The predicted molar refractivity (Wildman–Crippen MR) is 76.0 cm³/mol. The Kier molecular flexibility index (Phi) is 7.42. The number of ether oxygens (including phenoxy) is 1. The number of methoxy groups -OCH3 is 1. The van der Waals surface area contributed by atoms with Gasteiger partial charge in [-0.3, -0.25) is 4.98 Å². The number of nitrogens with one attached hydrogen (secondary N) is 1. The number of rotatable bonds is 9. The molecular weight excluding hydrogens is 224 g/mol. The molecule has 0 aliphatic heterocycles. The normalized spacial score (nSPS) is 12.4. The quantitative estimate of drug-likeness (QED) is 0.678. The average molecular weight is 250 g/mol. The summed E-state index contributed by atoms with van der Waals surface area (Å²) in [5.41, 5.74) is 1.04. The topological polar surface area (TPSA) is 34.2 Å². The molecule has 3 nitrogen and oxygen atoms in total. The molecule has 0 aliphatic carbocycles. The van der Waals surface area contributed by atoms with Gasteiger partial charge in [0.2, 0.25) is 0 Å². The SMILES string of the molecule is CCCCCCC(NCC)c1ncccc1OC. The zero-order valence-electron chi connectivity index (χ0n) is 11.9. The van der Waals surface area contributed by atoms with Crippen LogP contribution in [0.5, 0.6) is 5.75 Å². The Morgan fingerprint density at radius 1 is 1.28 bits per heavy atom. The van der Waals surface area contributed by atoms with Gasteiger partial charge in [-0.25, -0.2) is 0 Å². The van der Waals surface area contributed by atoms with Crippen LogP contribution in [0.4, 0.5) is 0 Å². The van der Waals surface area contributed by atoms with E-state index in [1.54, 1.807) is 7.11 Å². The highest BCUT2D eigenvalue weighted by atomic mass is 16.5. The number of hydrogen-bond donors (Lipinski definition) is 1. The Bertz CT molecular complexity index is 328. The number of nitrogens with zero attached hydrogens (tertiary/aromatic N) is 1. The molecule has 1 N–H and O–H groups in total. The highest BCUT2D eigenvalue weighted by Gasteiger charge is 2.15. The Labute approximate surface area is 111 Å². The number of hydrogen-bond acceptors (Lipinski definition) is 3. The van der Waals surface area contributed by atoms with Gasteiger partial charge in [0, 0.05) is 6.20 Å². The summed E-state index contributed by atoms with van der Waals surface area (Å²) in [5.74, 6) is 0.888. The minimum absolute atomic E-state index is 0.308. The first kappa shape index (κ1) is 15.0. The lowest BCUT2D eigenvalue weighted by atomic mass is 10.0. The second-order valence-corrected chi connectivity index (χ2v) is 4.55. The van der Waals surface area contributed by atoms with E-state index in [4.69, 9.17) is 4.74 Å². The molecule has 0 aromatic carbocycles. The smallest absolute Gasteiger partial charge is 0.141 e. The van der Waals surface area contributed by atoms with Crippen LogP contribution in [0.15, 0.2) is 18.3 Å². The van der Waals surface area contributed by atoms with E-state index in [-0.39, 0.29) is 0 Å². The van der Waals surface area contributed by atoms with Crippen molar-refractivity contribution in [2.45, 2.75) is 52.0 Å². The summed E-state index contributed by atoms with van der Waals surface area (Å²) in [7, 11) is 1.71. The molecule has 0 radical (unpaired) electrons. The van der Waals surface area contributed by atoms with Gasteiger partial charge in [-0.05, 0) is 25.1 Å². The van der Waals surface area contributed by atoms with Crippen LogP contribution in [0.3, 0.4) is 0 Å². The zero-order chi connectivity index (χ0) is 13.2. The maximum Gasteiger partial charge on any atom is 0.141 e. The van der Waals surface area contributed by atoms with E-state index in [1.807, 2.05) is 18.3 Å². The molecule has 0 fully saturated rings. The standard InChI is InChI=1S/C15H26N2O/c1-4-6-7-8-10-13(16-5-2)15-14(18-3)11-9-12-17-15/h9,11-13,16H,4-8,10H2,1-3H3. The minimum Gasteiger partial charge on any atom is -0.495 e. The molecule has 102 valence electrons. The van der Waals surface area contributed by atoms with E-state index < -0.39 is 0 Å². The summed E-state index contributed by atoms with van der Waals surface area (Å²) in [6.07, 6.45) is 8.10. The molecule has 0 aliphatic rings. The van der Waals surface area contributed by atoms with Gasteiger partial charge in [0.25, 0.3) is 0 Å². The van der Waals surface area contributed by atoms with Gasteiger partial charge in [0.15, 0.2) is 0 Å². The molecule has 0 saturated carbocycles. The summed E-state index contributed by atoms with van der Waals surface area (Å²) in [6.45, 7) is 5.33. The fourth-order valence-electron chi connectivity index (χ4n) is 2.19. The molecule has 1 aromatic rings. The second-order valence-electron chi connectivity index (χ2n) is 4.55. The molecule has 3 heteroatoms. The number of aromatic nitrogens is 1. The van der Waals surface area contributed by atoms with Crippen LogP contribution >= 0.6 is 0 Å². The van der Waals surface area contributed by atoms with Crippen molar-refractivity contribution >= 4 is 0 Å². The van der Waals surface area contributed by atoms with Gasteiger partial charge in [0.05, 0.1) is 18.8 Å². The Morgan fingerprint density at radius 2 is 2.11 bits per heavy atom. The van der Waals surface area contributed by atoms with Crippen LogP contribution in [-0.4, -0.2) is 18.6 Å². The van der Waals surface area contributed by atoms with E-state index in [2.05, 4.69) is 24.1 Å². The molecule has 1 heterocycles. The molecule has 0 amide bonds. The first-order chi connectivity index (χ1) is 8.83. The summed E-state index contributed by atoms with van der Waals surface area (Å²) in [4.78, 5) is 4.48. The van der Waals surface area contributed by atoms with E-state index in [1.165, 1.54) is 25.7 Å². The predicted octanol–water partition coefficient (Wildman–Crippen LogP) is 3.71. The molecule has 18 heavy (non-hydrogen) atoms. The fraction of sp³-hybridized carbons (Fsp3) is 0.667. The van der Waals surface area contributed by atoms with Gasteiger partial charge >= 0.3 is 0 Å². The highest BCUT2D eigenvalue weighted by Crippen LogP contribution is 2.26. The van der Waals surface area contributed by atoms with Gasteiger partial charge < -0.3 is 10.1 Å². The van der Waals surface area contributed by atoms with Crippen LogP contribution in [0.2, 0.25) is 0 Å². The highest BCUT2D eigenvalue weighted by molar-refractivity contribution is 5.29. The zero-order valence-corrected chi connectivity index (χ0v) is 11.9. The van der Waals surface area contributed by atoms with Gasteiger partial charge in [-0.15, -0.1) is 0 Å². The Hall–Kier alpha value is -1.09. The van der Waals surface area contributed by atoms with Crippen LogP contribution in [0.1, 0.15) is 57.7 Å². The molecule has 1 atom stereocenters. The maximum absolute atomic E-state index is 5.40. The Balaban J connectivity index is 2.64. The van der Waals surface area contributed by atoms with Crippen LogP contribution in [0, 0.1) is 0 Å². The second kappa shape index (κ2) is 8.92. The van der Waals surface area contributed by atoms with E-state index in [0.29, 0.717) is 6.04 Å². The van der Waals surface area contributed by atoms with E-state index in [0.717, 1.165) is 24.4 Å². The first-order valence-corrected chi connectivity index (χ1v) is 7.05. The van der Waals surface area contributed by atoms with Crippen molar-refractivity contribution in [3.63, 3.8) is 0 Å². The summed E-state index contributed by atoms with van der Waals surface area (Å²) < 4.78 is 5.40. The van der Waals surface area contributed by atoms with Crippen LogP contribution in [0.25, 0.3) is 0 Å². The monoisotopic (exact) mass is 250 g/mol. The minimum atomic E-state index is 0.308. The lowest BCUT2D eigenvalue weighted by Gasteiger charge is -2.19. The van der Waals surface area contributed by atoms with Crippen molar-refractivity contribution < 1.29 is 4.74 Å². The molecule has 1 unspecified atom stereocenters. The molecule has 0 saturated heterocycles. The first-order valence-electron chi connectivity index (χ1n) is 7.05. The van der Waals surface area contributed by atoms with E-state index in [9.17, 15) is 0 Å². The third kappa shape index (κ3) is 4.65. The van der Waals surface area contributed by atoms with Crippen molar-refractivity contribution in [2.24, 2.45) is 0 Å². The Morgan fingerprint density at radius 3 is 2.78 bits per heavy atom. The molecular formula is C15H26N2O. The number of pyridine rings is 1. The molecule has 1 aromatic heterocycles. The van der Waals surface area contributed by atoms with Crippen molar-refractivity contribution in [3.8, 4) is 5.75 Å². The third-order valence-electron chi connectivity index (χ3n) is 3.15. The summed E-state index contributed by atoms with van der Waals surface area (Å²) in [6, 6.07) is 4.21. The van der Waals surface area contributed by atoms with Gasteiger partial charge in [0.1, 0.15) is 5.75 Å². The van der Waals surface area contributed by atoms with Crippen LogP contribution in [-0.2, 0) is 0 Å². The largest absolute Gasteiger partial charge is 0.495 e. The maximum atomic E-state index is 5.40. The van der Waals surface area contributed by atoms with E-state index >= 15 is 0 Å². The van der Waals surface area contributed by atoms with Gasteiger partial charge in [-0.2, -0.15) is 0 Å². The fourth-order valence-corrected chi connectivity index (χ4v) is 2.19. The van der Waals surface area contributed by atoms with Gasteiger partial charge in [-0.1, -0.05) is 39.5 Å². The molecule has 0 spiro atoms. The number of unbranched alkanes of at least 4 members (excludes halogenated alkanes) is 3. The summed E-state index contributed by atoms with van der Waals surface area (Å²) in [5, 5.41) is 3.51.